The topological polar surface area (TPSA) is 55.7 Å². The van der Waals surface area contributed by atoms with Crippen LogP contribution in [-0.4, -0.2) is 20.6 Å². The van der Waals surface area contributed by atoms with E-state index in [0.717, 1.165) is 5.56 Å². The molecule has 0 aliphatic rings. The van der Waals surface area contributed by atoms with Gasteiger partial charge in [-0.05, 0) is 32.9 Å². The normalized spacial score (nSPS) is 14.4. The Morgan fingerprint density at radius 3 is 2.60 bits per heavy atom. The summed E-state index contributed by atoms with van der Waals surface area (Å²) in [5, 5.41) is 9.20. The summed E-state index contributed by atoms with van der Waals surface area (Å²) < 4.78 is 15.2. The van der Waals surface area contributed by atoms with E-state index in [2.05, 4.69) is 4.40 Å². The van der Waals surface area contributed by atoms with Crippen molar-refractivity contribution in [1.29, 1.82) is 0 Å². The van der Waals surface area contributed by atoms with Gasteiger partial charge in [0.2, 0.25) is 0 Å². The van der Waals surface area contributed by atoms with E-state index in [1.165, 1.54) is 6.21 Å². The van der Waals surface area contributed by atoms with Gasteiger partial charge in [-0.1, -0.05) is 16.5 Å². The quantitative estimate of drug-likeness (QED) is 0.620. The molecule has 1 atom stereocenters. The minimum Gasteiger partial charge on any atom is -0.591 e. The van der Waals surface area contributed by atoms with Gasteiger partial charge in [-0.3, -0.25) is 0 Å². The van der Waals surface area contributed by atoms with Gasteiger partial charge >= 0.3 is 0 Å². The lowest BCUT2D eigenvalue weighted by Gasteiger charge is -2.17. The highest BCUT2D eigenvalue weighted by molar-refractivity contribution is 7.91. The van der Waals surface area contributed by atoms with E-state index in [1.54, 1.807) is 24.3 Å². The summed E-state index contributed by atoms with van der Waals surface area (Å²) in [6, 6.07) is 6.67. The summed E-state index contributed by atoms with van der Waals surface area (Å²) in [6.45, 7) is 5.59. The second-order valence-electron chi connectivity index (χ2n) is 4.19. The van der Waals surface area contributed by atoms with Crippen LogP contribution in [0, 0.1) is 0 Å². The monoisotopic (exact) mass is 225 g/mol. The summed E-state index contributed by atoms with van der Waals surface area (Å²) in [5.74, 6) is 0.181. The fourth-order valence-electron chi connectivity index (χ4n) is 0.872. The van der Waals surface area contributed by atoms with Gasteiger partial charge in [-0.2, -0.15) is 0 Å². The third kappa shape index (κ3) is 3.93. The summed E-state index contributed by atoms with van der Waals surface area (Å²) >= 11 is -1.26. The molecular weight excluding hydrogens is 210 g/mol. The first kappa shape index (κ1) is 12.1. The number of aromatic hydroxyl groups is 1. The summed E-state index contributed by atoms with van der Waals surface area (Å²) in [4.78, 5) is 0. The average Bonchev–Trinajstić information content (AvgIpc) is 2.12. The largest absolute Gasteiger partial charge is 0.591 e. The number of hydrogen-bond acceptors (Lipinski definition) is 3. The smallest absolute Gasteiger partial charge is 0.144 e. The van der Waals surface area contributed by atoms with Crippen LogP contribution in [0.4, 0.5) is 0 Å². The number of phenols is 1. The van der Waals surface area contributed by atoms with Crippen LogP contribution in [-0.2, 0) is 11.4 Å². The third-order valence-corrected chi connectivity index (χ3v) is 3.04. The summed E-state index contributed by atoms with van der Waals surface area (Å²) in [5.41, 5.74) is 0.743. The number of phenolic OH excluding ortho intramolecular Hbond substituents is 1. The molecule has 0 bridgehead atoms. The van der Waals surface area contributed by atoms with Crippen molar-refractivity contribution < 1.29 is 9.66 Å². The molecule has 0 radical (unpaired) electrons. The number of rotatable bonds is 2. The Hall–Kier alpha value is -1.00. The maximum absolute atomic E-state index is 11.6. The van der Waals surface area contributed by atoms with E-state index in [4.69, 9.17) is 0 Å². The molecule has 0 amide bonds. The van der Waals surface area contributed by atoms with Crippen molar-refractivity contribution in [3.63, 3.8) is 0 Å². The van der Waals surface area contributed by atoms with E-state index in [-0.39, 0.29) is 10.5 Å². The standard InChI is InChI=1S/C11H15NO2S/c1-11(2,3)15(14)12-8-9-5-4-6-10(13)7-9/h4-8,13H,1-3H3/b12-8+. The van der Waals surface area contributed by atoms with Gasteiger partial charge in [0.25, 0.3) is 0 Å². The molecule has 3 nitrogen and oxygen atoms in total. The zero-order chi connectivity index (χ0) is 11.5. The summed E-state index contributed by atoms with van der Waals surface area (Å²) in [7, 11) is 0. The van der Waals surface area contributed by atoms with E-state index in [9.17, 15) is 9.66 Å². The minimum absolute atomic E-state index is 0.181. The maximum Gasteiger partial charge on any atom is 0.144 e. The van der Waals surface area contributed by atoms with Crippen molar-refractivity contribution in [3.05, 3.63) is 29.8 Å². The van der Waals surface area contributed by atoms with Crippen LogP contribution in [0.5, 0.6) is 5.75 Å². The molecule has 15 heavy (non-hydrogen) atoms. The second-order valence-corrected chi connectivity index (χ2v) is 6.12. The SMILES string of the molecule is CC(C)(C)[S+]([O-])/N=C/c1cccc(O)c1. The minimum atomic E-state index is -1.26. The molecule has 0 spiro atoms. The predicted octanol–water partition coefficient (Wildman–Crippen LogP) is 2.27. The summed E-state index contributed by atoms with van der Waals surface area (Å²) in [6.07, 6.45) is 1.51. The van der Waals surface area contributed by atoms with Gasteiger partial charge in [-0.25, -0.2) is 0 Å². The Labute approximate surface area is 93.2 Å². The molecule has 0 saturated carbocycles. The first-order valence-corrected chi connectivity index (χ1v) is 5.75. The number of benzene rings is 1. The van der Waals surface area contributed by atoms with Crippen molar-refractivity contribution in [3.8, 4) is 5.75 Å². The molecule has 1 aromatic carbocycles. The Kier molecular flexibility index (Phi) is 3.77. The molecule has 0 saturated heterocycles. The van der Waals surface area contributed by atoms with Gasteiger partial charge in [0.1, 0.15) is 21.9 Å². The van der Waals surface area contributed by atoms with Gasteiger partial charge in [0, 0.05) is 5.56 Å². The molecule has 0 aliphatic heterocycles. The Balaban J connectivity index is 2.74. The van der Waals surface area contributed by atoms with Crippen LogP contribution in [0.15, 0.2) is 28.7 Å². The lowest BCUT2D eigenvalue weighted by Crippen LogP contribution is -2.25. The van der Waals surface area contributed by atoms with Crippen LogP contribution >= 0.6 is 0 Å². The molecular formula is C11H15NO2S. The molecule has 1 rings (SSSR count). The second kappa shape index (κ2) is 4.68. The van der Waals surface area contributed by atoms with Crippen LogP contribution in [0.2, 0.25) is 0 Å². The van der Waals surface area contributed by atoms with Crippen molar-refractivity contribution in [2.24, 2.45) is 4.40 Å². The Morgan fingerprint density at radius 1 is 1.40 bits per heavy atom. The maximum atomic E-state index is 11.6. The van der Waals surface area contributed by atoms with E-state index in [0.29, 0.717) is 0 Å². The third-order valence-electron chi connectivity index (χ3n) is 1.69. The first-order chi connectivity index (χ1) is 6.89. The Bertz CT molecular complexity index is 358. The van der Waals surface area contributed by atoms with Crippen molar-refractivity contribution in [2.75, 3.05) is 0 Å². The van der Waals surface area contributed by atoms with E-state index < -0.39 is 11.4 Å². The van der Waals surface area contributed by atoms with Gasteiger partial charge < -0.3 is 9.66 Å². The predicted molar refractivity (Wildman–Crippen MR) is 63.6 cm³/mol. The van der Waals surface area contributed by atoms with Gasteiger partial charge in [0.05, 0.1) is 6.21 Å². The molecule has 82 valence electrons. The van der Waals surface area contributed by atoms with Crippen molar-refractivity contribution >= 4 is 17.6 Å². The number of hydrogen-bond donors (Lipinski definition) is 1. The molecule has 1 unspecified atom stereocenters. The molecule has 0 aromatic heterocycles. The molecule has 0 heterocycles. The average molecular weight is 225 g/mol. The Morgan fingerprint density at radius 2 is 2.07 bits per heavy atom. The van der Waals surface area contributed by atoms with Crippen LogP contribution < -0.4 is 0 Å². The van der Waals surface area contributed by atoms with Crippen molar-refractivity contribution in [2.45, 2.75) is 25.5 Å². The van der Waals surface area contributed by atoms with E-state index >= 15 is 0 Å². The van der Waals surface area contributed by atoms with Gasteiger partial charge in [0.15, 0.2) is 0 Å². The lowest BCUT2D eigenvalue weighted by molar-refractivity contribution is 0.475. The fraction of sp³-hybridized carbons (Fsp3) is 0.364. The lowest BCUT2D eigenvalue weighted by atomic mass is 10.2. The van der Waals surface area contributed by atoms with E-state index in [1.807, 2.05) is 20.8 Å². The fourth-order valence-corrected chi connectivity index (χ4v) is 1.41. The van der Waals surface area contributed by atoms with Crippen LogP contribution in [0.1, 0.15) is 26.3 Å². The first-order valence-electron chi connectivity index (χ1n) is 4.65. The van der Waals surface area contributed by atoms with Crippen LogP contribution in [0.3, 0.4) is 0 Å². The number of nitrogens with zero attached hydrogens (tertiary/aromatic N) is 1. The molecule has 0 aliphatic carbocycles. The molecule has 0 fully saturated rings. The molecule has 1 aromatic rings. The highest BCUT2D eigenvalue weighted by Gasteiger charge is 2.25. The van der Waals surface area contributed by atoms with Crippen LogP contribution in [0.25, 0.3) is 0 Å². The molecule has 4 heteroatoms. The highest BCUT2D eigenvalue weighted by atomic mass is 32.2. The van der Waals surface area contributed by atoms with Crippen molar-refractivity contribution in [1.82, 2.24) is 0 Å². The molecule has 1 N–H and O–H groups in total. The van der Waals surface area contributed by atoms with Gasteiger partial charge in [-0.15, -0.1) is 0 Å². The zero-order valence-corrected chi connectivity index (χ0v) is 9.91. The highest BCUT2D eigenvalue weighted by Crippen LogP contribution is 2.17. The zero-order valence-electron chi connectivity index (χ0n) is 9.10.